The topological polar surface area (TPSA) is 61.5 Å². The summed E-state index contributed by atoms with van der Waals surface area (Å²) in [6, 6.07) is 0. The molecule has 0 atom stereocenters. The van der Waals surface area contributed by atoms with Crippen molar-refractivity contribution in [2.45, 2.75) is 45.3 Å². The summed E-state index contributed by atoms with van der Waals surface area (Å²) in [6.45, 7) is 7.72. The molecule has 0 radical (unpaired) electrons. The Labute approximate surface area is 73.0 Å². The van der Waals surface area contributed by atoms with Crippen LogP contribution in [0.2, 0.25) is 0 Å². The van der Waals surface area contributed by atoms with Gasteiger partial charge in [-0.2, -0.15) is 0 Å². The van der Waals surface area contributed by atoms with Crippen LogP contribution in [0, 0.1) is 0 Å². The average Bonchev–Trinajstić information content (AvgIpc) is 1.85. The largest absolute Gasteiger partial charge is 0.462 e. The van der Waals surface area contributed by atoms with Crippen LogP contribution in [0.1, 0.15) is 34.1 Å². The number of carbonyl (C=O) groups is 1. The summed E-state index contributed by atoms with van der Waals surface area (Å²) >= 11 is 0. The second kappa shape index (κ2) is 3.87. The van der Waals surface area contributed by atoms with Gasteiger partial charge >= 0.3 is 0 Å². The van der Waals surface area contributed by atoms with Crippen LogP contribution < -0.4 is 5.90 Å². The van der Waals surface area contributed by atoms with E-state index in [1.54, 1.807) is 0 Å². The van der Waals surface area contributed by atoms with E-state index in [4.69, 9.17) is 15.5 Å². The van der Waals surface area contributed by atoms with Crippen molar-refractivity contribution in [1.82, 2.24) is 0 Å². The fourth-order valence-electron chi connectivity index (χ4n) is 1.24. The smallest absolute Gasteiger partial charge is 0.293 e. The summed E-state index contributed by atoms with van der Waals surface area (Å²) in [7, 11) is 0. The lowest BCUT2D eigenvalue weighted by Crippen LogP contribution is -2.38. The first-order valence-electron chi connectivity index (χ1n) is 3.82. The maximum absolute atomic E-state index is 10.1. The van der Waals surface area contributed by atoms with Crippen LogP contribution in [-0.4, -0.2) is 17.7 Å². The molecule has 2 N–H and O–H groups in total. The first-order valence-corrected chi connectivity index (χ1v) is 3.82. The Morgan fingerprint density at radius 3 is 2.08 bits per heavy atom. The summed E-state index contributed by atoms with van der Waals surface area (Å²) in [4.78, 5) is 14.8. The number of nitrogens with two attached hydrogens (primary N) is 1. The summed E-state index contributed by atoms with van der Waals surface area (Å²) in [5, 5.41) is 0. The molecule has 0 bridgehead atoms. The fourth-order valence-corrected chi connectivity index (χ4v) is 1.24. The minimum absolute atomic E-state index is 0.437. The van der Waals surface area contributed by atoms with Gasteiger partial charge in [-0.3, -0.25) is 9.63 Å². The lowest BCUT2D eigenvalue weighted by atomic mass is 9.92. The van der Waals surface area contributed by atoms with Crippen molar-refractivity contribution in [3.05, 3.63) is 0 Å². The molecule has 0 spiro atoms. The van der Waals surface area contributed by atoms with Gasteiger partial charge < -0.3 is 4.74 Å². The Hall–Kier alpha value is -0.610. The highest BCUT2D eigenvalue weighted by atomic mass is 16.6. The summed E-state index contributed by atoms with van der Waals surface area (Å²) in [5.41, 5.74) is -1.02. The third-order valence-electron chi connectivity index (χ3n) is 1.54. The van der Waals surface area contributed by atoms with Crippen LogP contribution >= 0.6 is 0 Å². The van der Waals surface area contributed by atoms with Gasteiger partial charge in [-0.05, 0) is 27.7 Å². The molecule has 0 saturated heterocycles. The Kier molecular flexibility index (Phi) is 3.67. The lowest BCUT2D eigenvalue weighted by molar-refractivity contribution is -0.148. The molecule has 0 aromatic carbocycles. The molecule has 0 aromatic heterocycles. The van der Waals surface area contributed by atoms with Crippen LogP contribution in [0.3, 0.4) is 0 Å². The molecule has 4 heteroatoms. The zero-order chi connectivity index (χ0) is 9.83. The Morgan fingerprint density at radius 1 is 1.25 bits per heavy atom. The lowest BCUT2D eigenvalue weighted by Gasteiger charge is -2.31. The molecule has 0 aliphatic heterocycles. The van der Waals surface area contributed by atoms with Gasteiger partial charge in [0.15, 0.2) is 0 Å². The predicted octanol–water partition coefficient (Wildman–Crippen LogP) is 0.997. The highest BCUT2D eigenvalue weighted by Gasteiger charge is 2.30. The Balaban J connectivity index is 4.12. The molecule has 0 fully saturated rings. The second-order valence-corrected chi connectivity index (χ2v) is 4.03. The molecule has 12 heavy (non-hydrogen) atoms. The van der Waals surface area contributed by atoms with Crippen LogP contribution in [0.5, 0.6) is 0 Å². The molecular formula is C8H17NO3. The van der Waals surface area contributed by atoms with Crippen molar-refractivity contribution in [2.75, 3.05) is 0 Å². The third kappa shape index (κ3) is 4.31. The van der Waals surface area contributed by atoms with E-state index < -0.39 is 11.2 Å². The van der Waals surface area contributed by atoms with Crippen LogP contribution in [0.4, 0.5) is 0 Å². The summed E-state index contributed by atoms with van der Waals surface area (Å²) < 4.78 is 4.85. The number of rotatable bonds is 5. The number of ether oxygens (including phenoxy) is 1. The quantitative estimate of drug-likeness (QED) is 0.500. The van der Waals surface area contributed by atoms with E-state index in [1.807, 2.05) is 27.7 Å². The van der Waals surface area contributed by atoms with Crippen molar-refractivity contribution in [3.63, 3.8) is 0 Å². The van der Waals surface area contributed by atoms with Gasteiger partial charge in [0, 0.05) is 6.42 Å². The van der Waals surface area contributed by atoms with Gasteiger partial charge in [0.2, 0.25) is 0 Å². The number of carbonyl (C=O) groups excluding carboxylic acids is 1. The second-order valence-electron chi connectivity index (χ2n) is 4.03. The van der Waals surface area contributed by atoms with Crippen molar-refractivity contribution < 1.29 is 14.4 Å². The maximum atomic E-state index is 10.1. The van der Waals surface area contributed by atoms with E-state index >= 15 is 0 Å². The molecular weight excluding hydrogens is 158 g/mol. The molecule has 0 saturated carbocycles. The highest BCUT2D eigenvalue weighted by Crippen LogP contribution is 2.24. The first kappa shape index (κ1) is 11.4. The van der Waals surface area contributed by atoms with Crippen LogP contribution in [0.15, 0.2) is 0 Å². The van der Waals surface area contributed by atoms with Crippen LogP contribution in [0.25, 0.3) is 0 Å². The van der Waals surface area contributed by atoms with Crippen molar-refractivity contribution in [1.29, 1.82) is 0 Å². The fraction of sp³-hybridized carbons (Fsp3) is 0.875. The zero-order valence-electron chi connectivity index (χ0n) is 8.09. The van der Waals surface area contributed by atoms with Gasteiger partial charge in [-0.25, -0.2) is 5.90 Å². The van der Waals surface area contributed by atoms with Gasteiger partial charge in [0.1, 0.15) is 5.60 Å². The molecule has 0 heterocycles. The van der Waals surface area contributed by atoms with E-state index in [2.05, 4.69) is 0 Å². The predicted molar refractivity (Wildman–Crippen MR) is 45.2 cm³/mol. The minimum Gasteiger partial charge on any atom is -0.462 e. The normalized spacial score (nSPS) is 12.8. The van der Waals surface area contributed by atoms with Crippen molar-refractivity contribution >= 4 is 6.47 Å². The van der Waals surface area contributed by atoms with Crippen molar-refractivity contribution in [3.8, 4) is 0 Å². The standard InChI is InChI=1S/C8H17NO3/c1-7(2,11-6-10)5-8(3,4)12-9/h6H,5,9H2,1-4H3. The molecule has 0 unspecified atom stereocenters. The Morgan fingerprint density at radius 2 is 1.75 bits per heavy atom. The molecule has 72 valence electrons. The molecule has 0 aromatic rings. The van der Waals surface area contributed by atoms with Gasteiger partial charge in [-0.1, -0.05) is 0 Å². The zero-order valence-corrected chi connectivity index (χ0v) is 8.09. The molecule has 4 nitrogen and oxygen atoms in total. The van der Waals surface area contributed by atoms with E-state index in [1.165, 1.54) is 0 Å². The van der Waals surface area contributed by atoms with Gasteiger partial charge in [-0.15, -0.1) is 0 Å². The monoisotopic (exact) mass is 175 g/mol. The molecule has 0 aliphatic rings. The van der Waals surface area contributed by atoms with E-state index in [0.717, 1.165) is 0 Å². The molecule has 0 aliphatic carbocycles. The van der Waals surface area contributed by atoms with Gasteiger partial charge in [0.05, 0.1) is 5.60 Å². The van der Waals surface area contributed by atoms with Crippen LogP contribution in [-0.2, 0) is 14.4 Å². The maximum Gasteiger partial charge on any atom is 0.293 e. The molecule has 0 rings (SSSR count). The van der Waals surface area contributed by atoms with Crippen molar-refractivity contribution in [2.24, 2.45) is 5.90 Å². The third-order valence-corrected chi connectivity index (χ3v) is 1.54. The summed E-state index contributed by atoms with van der Waals surface area (Å²) in [5.74, 6) is 5.07. The number of hydrogen-bond acceptors (Lipinski definition) is 4. The van der Waals surface area contributed by atoms with E-state index in [9.17, 15) is 4.79 Å². The highest BCUT2D eigenvalue weighted by molar-refractivity contribution is 5.38. The Bertz CT molecular complexity index is 154. The molecule has 0 amide bonds. The number of hydrogen-bond donors (Lipinski definition) is 1. The van der Waals surface area contributed by atoms with E-state index in [0.29, 0.717) is 12.9 Å². The van der Waals surface area contributed by atoms with E-state index in [-0.39, 0.29) is 0 Å². The van der Waals surface area contributed by atoms with Gasteiger partial charge in [0.25, 0.3) is 6.47 Å². The first-order chi connectivity index (χ1) is 5.33. The minimum atomic E-state index is -0.537. The average molecular weight is 175 g/mol. The SMILES string of the molecule is CC(C)(CC(C)(C)OC=O)ON. The summed E-state index contributed by atoms with van der Waals surface area (Å²) in [6.07, 6.45) is 0.551.